The number of hydrogen-bond donors (Lipinski definition) is 3. The number of amides is 2. The number of hydrogen-bond acceptors (Lipinski definition) is 5. The second-order valence-electron chi connectivity index (χ2n) is 5.79. The lowest BCUT2D eigenvalue weighted by Crippen LogP contribution is -2.48. The highest BCUT2D eigenvalue weighted by atomic mass is 79.9. The van der Waals surface area contributed by atoms with Crippen LogP contribution in [0.3, 0.4) is 0 Å². The van der Waals surface area contributed by atoms with Crippen LogP contribution in [0.1, 0.15) is 41.0 Å². The number of benzene rings is 2. The van der Waals surface area contributed by atoms with Crippen LogP contribution in [0, 0.1) is 0 Å². The van der Waals surface area contributed by atoms with Gasteiger partial charge in [-0.25, -0.2) is 0 Å². The van der Waals surface area contributed by atoms with E-state index in [9.17, 15) is 9.59 Å². The van der Waals surface area contributed by atoms with Gasteiger partial charge in [-0.2, -0.15) is 0 Å². The number of thiocarbonyl (C=S) groups is 1. The molecule has 9 heteroatoms. The van der Waals surface area contributed by atoms with E-state index in [-0.39, 0.29) is 5.11 Å². The molecule has 0 unspecified atom stereocenters. The first-order chi connectivity index (χ1) is 14.0. The third-order valence-electron chi connectivity index (χ3n) is 3.60. The summed E-state index contributed by atoms with van der Waals surface area (Å²) in [4.78, 5) is 24.7. The minimum absolute atomic E-state index is 0.0414. The first-order valence-corrected chi connectivity index (χ1v) is 10.2. The van der Waals surface area contributed by atoms with Crippen molar-refractivity contribution in [2.75, 3.05) is 13.2 Å². The van der Waals surface area contributed by atoms with Crippen LogP contribution in [-0.4, -0.2) is 30.1 Å². The molecule has 0 saturated heterocycles. The maximum atomic E-state index is 12.4. The van der Waals surface area contributed by atoms with E-state index in [1.54, 1.807) is 42.5 Å². The zero-order valence-electron chi connectivity index (χ0n) is 16.1. The molecular formula is C20H22BrN3O4S. The van der Waals surface area contributed by atoms with Crippen molar-refractivity contribution in [3.05, 3.63) is 58.1 Å². The van der Waals surface area contributed by atoms with Gasteiger partial charge in [-0.15, -0.1) is 0 Å². The standard InChI is InChI=1S/C20H22BrN3O4S/c1-3-11-28-16-8-6-5-7-14(16)19(26)23-24-20(29)22-18(25)13-9-10-17(27-4-2)15(21)12-13/h5-10,12H,3-4,11H2,1-2H3,(H,23,26)(H2,22,24,25,29). The van der Waals surface area contributed by atoms with Gasteiger partial charge < -0.3 is 9.47 Å². The molecule has 0 aliphatic rings. The summed E-state index contributed by atoms with van der Waals surface area (Å²) in [6, 6.07) is 11.8. The molecule has 154 valence electrons. The number of hydrazine groups is 1. The SMILES string of the molecule is CCCOc1ccccc1C(=O)NNC(=S)NC(=O)c1ccc(OCC)c(Br)c1. The molecule has 0 bridgehead atoms. The fourth-order valence-electron chi connectivity index (χ4n) is 2.29. The summed E-state index contributed by atoms with van der Waals surface area (Å²) in [6.45, 7) is 4.88. The third kappa shape index (κ3) is 6.72. The first kappa shape index (κ1) is 22.6. The van der Waals surface area contributed by atoms with Crippen molar-refractivity contribution in [1.29, 1.82) is 0 Å². The summed E-state index contributed by atoms with van der Waals surface area (Å²) in [7, 11) is 0. The maximum absolute atomic E-state index is 12.4. The Labute approximate surface area is 183 Å². The highest BCUT2D eigenvalue weighted by Gasteiger charge is 2.14. The van der Waals surface area contributed by atoms with E-state index in [0.29, 0.717) is 40.3 Å². The van der Waals surface area contributed by atoms with E-state index < -0.39 is 11.8 Å². The minimum Gasteiger partial charge on any atom is -0.493 e. The van der Waals surface area contributed by atoms with Crippen LogP contribution in [0.4, 0.5) is 0 Å². The quantitative estimate of drug-likeness (QED) is 0.415. The molecule has 2 amide bonds. The Morgan fingerprint density at radius 2 is 1.76 bits per heavy atom. The molecule has 0 radical (unpaired) electrons. The molecule has 0 saturated carbocycles. The Bertz CT molecular complexity index is 892. The van der Waals surface area contributed by atoms with Crippen molar-refractivity contribution in [3.63, 3.8) is 0 Å². The Kier molecular flexibility index (Phi) is 8.88. The molecule has 0 aromatic heterocycles. The van der Waals surface area contributed by atoms with Gasteiger partial charge in [0.15, 0.2) is 5.11 Å². The van der Waals surface area contributed by atoms with Crippen LogP contribution >= 0.6 is 28.1 Å². The lowest BCUT2D eigenvalue weighted by Gasteiger charge is -2.13. The van der Waals surface area contributed by atoms with Crippen molar-refractivity contribution in [2.45, 2.75) is 20.3 Å². The molecule has 0 aliphatic carbocycles. The predicted octanol–water partition coefficient (Wildman–Crippen LogP) is 3.59. The summed E-state index contributed by atoms with van der Waals surface area (Å²) in [5.74, 6) is 0.258. The number of halogens is 1. The topological polar surface area (TPSA) is 88.7 Å². The van der Waals surface area contributed by atoms with Crippen LogP contribution < -0.4 is 25.6 Å². The number of rotatable bonds is 7. The third-order valence-corrected chi connectivity index (χ3v) is 4.43. The zero-order chi connectivity index (χ0) is 21.2. The largest absolute Gasteiger partial charge is 0.493 e. The van der Waals surface area contributed by atoms with Gasteiger partial charge in [-0.3, -0.25) is 25.8 Å². The van der Waals surface area contributed by atoms with Crippen LogP contribution in [0.15, 0.2) is 46.9 Å². The van der Waals surface area contributed by atoms with Gasteiger partial charge in [0.2, 0.25) is 0 Å². The molecule has 29 heavy (non-hydrogen) atoms. The number of carbonyl (C=O) groups excluding carboxylic acids is 2. The van der Waals surface area contributed by atoms with Crippen LogP contribution in [0.5, 0.6) is 11.5 Å². The van der Waals surface area contributed by atoms with E-state index in [2.05, 4.69) is 32.1 Å². The molecule has 0 fully saturated rings. The molecule has 7 nitrogen and oxygen atoms in total. The van der Waals surface area contributed by atoms with Gasteiger partial charge in [0.05, 0.1) is 23.2 Å². The molecule has 0 aliphatic heterocycles. The van der Waals surface area contributed by atoms with E-state index in [1.165, 1.54) is 0 Å². The van der Waals surface area contributed by atoms with E-state index in [0.717, 1.165) is 6.42 Å². The monoisotopic (exact) mass is 479 g/mol. The fourth-order valence-corrected chi connectivity index (χ4v) is 2.93. The highest BCUT2D eigenvalue weighted by Crippen LogP contribution is 2.26. The minimum atomic E-state index is -0.433. The normalized spacial score (nSPS) is 10.0. The van der Waals surface area contributed by atoms with Crippen molar-refractivity contribution >= 4 is 45.1 Å². The van der Waals surface area contributed by atoms with Gasteiger partial charge in [-0.1, -0.05) is 19.1 Å². The summed E-state index contributed by atoms with van der Waals surface area (Å²) in [6.07, 6.45) is 0.825. The molecule has 3 N–H and O–H groups in total. The molecule has 0 atom stereocenters. The predicted molar refractivity (Wildman–Crippen MR) is 118 cm³/mol. The van der Waals surface area contributed by atoms with Crippen LogP contribution in [0.25, 0.3) is 0 Å². The molecule has 0 heterocycles. The number of carbonyl (C=O) groups is 2. The van der Waals surface area contributed by atoms with Crippen molar-refractivity contribution in [1.82, 2.24) is 16.2 Å². The fraction of sp³-hybridized carbons (Fsp3) is 0.250. The average molecular weight is 480 g/mol. The highest BCUT2D eigenvalue weighted by molar-refractivity contribution is 9.10. The Balaban J connectivity index is 1.92. The number of para-hydroxylation sites is 1. The van der Waals surface area contributed by atoms with Crippen molar-refractivity contribution < 1.29 is 19.1 Å². The summed E-state index contributed by atoms with van der Waals surface area (Å²) in [5, 5.41) is 2.46. The summed E-state index contributed by atoms with van der Waals surface area (Å²) in [5.41, 5.74) is 5.72. The Morgan fingerprint density at radius 1 is 1.00 bits per heavy atom. The van der Waals surface area contributed by atoms with Crippen molar-refractivity contribution in [3.8, 4) is 11.5 Å². The maximum Gasteiger partial charge on any atom is 0.273 e. The second kappa shape index (κ2) is 11.4. The van der Waals surface area contributed by atoms with Crippen LogP contribution in [-0.2, 0) is 0 Å². The molecule has 2 rings (SSSR count). The van der Waals surface area contributed by atoms with Gasteiger partial charge in [0.1, 0.15) is 11.5 Å². The smallest absolute Gasteiger partial charge is 0.273 e. The van der Waals surface area contributed by atoms with Gasteiger partial charge in [0, 0.05) is 5.56 Å². The van der Waals surface area contributed by atoms with Crippen LogP contribution in [0.2, 0.25) is 0 Å². The zero-order valence-corrected chi connectivity index (χ0v) is 18.5. The average Bonchev–Trinajstić information content (AvgIpc) is 2.72. The first-order valence-electron chi connectivity index (χ1n) is 9.02. The van der Waals surface area contributed by atoms with Gasteiger partial charge in [-0.05, 0) is 71.8 Å². The number of nitrogens with one attached hydrogen (secondary N) is 3. The van der Waals surface area contributed by atoms with E-state index in [1.807, 2.05) is 13.8 Å². The number of ether oxygens (including phenoxy) is 2. The van der Waals surface area contributed by atoms with E-state index in [4.69, 9.17) is 21.7 Å². The van der Waals surface area contributed by atoms with Gasteiger partial charge in [0.25, 0.3) is 11.8 Å². The molecular weight excluding hydrogens is 458 g/mol. The van der Waals surface area contributed by atoms with E-state index >= 15 is 0 Å². The summed E-state index contributed by atoms with van der Waals surface area (Å²) >= 11 is 8.44. The van der Waals surface area contributed by atoms with Gasteiger partial charge >= 0.3 is 0 Å². The lowest BCUT2D eigenvalue weighted by molar-refractivity contribution is 0.0931. The summed E-state index contributed by atoms with van der Waals surface area (Å²) < 4.78 is 11.6. The second-order valence-corrected chi connectivity index (χ2v) is 7.05. The lowest BCUT2D eigenvalue weighted by atomic mass is 10.2. The van der Waals surface area contributed by atoms with Crippen molar-refractivity contribution in [2.24, 2.45) is 0 Å². The Hall–Kier alpha value is -2.65. The Morgan fingerprint density at radius 3 is 2.45 bits per heavy atom. The molecule has 2 aromatic rings. The molecule has 2 aromatic carbocycles. The molecule has 0 spiro atoms.